The normalized spacial score (nSPS) is 12.4. The molecule has 0 N–H and O–H groups in total. The van der Waals surface area contributed by atoms with Gasteiger partial charge in [0.05, 0.1) is 10.8 Å². The molecule has 0 amide bonds. The smallest absolute Gasteiger partial charge is 0.0725 e. The summed E-state index contributed by atoms with van der Waals surface area (Å²) in [6.45, 7) is 26.0. The molecule has 0 saturated carbocycles. The van der Waals surface area contributed by atoms with Crippen molar-refractivity contribution in [3.8, 4) is 77.9 Å². The zero-order chi connectivity index (χ0) is 84.6. The molecule has 1 spiro atoms. The Morgan fingerprint density at radius 3 is 0.871 bits per heavy atom. The average molecular weight is 1600 g/mol. The van der Waals surface area contributed by atoms with E-state index in [0.717, 1.165) is 6.42 Å². The molecular formula is C124H108. The van der Waals surface area contributed by atoms with Crippen molar-refractivity contribution >= 4 is 32.3 Å². The van der Waals surface area contributed by atoms with Crippen molar-refractivity contribution in [2.24, 2.45) is 0 Å². The predicted octanol–water partition coefficient (Wildman–Crippen LogP) is 33.2. The van der Waals surface area contributed by atoms with Gasteiger partial charge in [0.25, 0.3) is 0 Å². The van der Waals surface area contributed by atoms with Crippen molar-refractivity contribution in [2.75, 3.05) is 0 Å². The maximum Gasteiger partial charge on any atom is 0.0725 e. The highest BCUT2D eigenvalue weighted by Crippen LogP contribution is 2.63. The van der Waals surface area contributed by atoms with Gasteiger partial charge in [-0.15, -0.1) is 0 Å². The maximum atomic E-state index is 2.41. The van der Waals surface area contributed by atoms with Crippen LogP contribution >= 0.6 is 0 Å². The Morgan fingerprint density at radius 2 is 0.444 bits per heavy atom. The van der Waals surface area contributed by atoms with Gasteiger partial charge >= 0.3 is 0 Å². The first-order chi connectivity index (χ1) is 59.9. The van der Waals surface area contributed by atoms with Gasteiger partial charge in [0.2, 0.25) is 0 Å². The van der Waals surface area contributed by atoms with Gasteiger partial charge in [-0.25, -0.2) is 0 Å². The minimum Gasteiger partial charge on any atom is -0.0776 e. The van der Waals surface area contributed by atoms with Gasteiger partial charge in [-0.2, -0.15) is 0 Å². The van der Waals surface area contributed by atoms with Crippen LogP contribution in [0.2, 0.25) is 0 Å². The predicted molar refractivity (Wildman–Crippen MR) is 533 cm³/mol. The number of fused-ring (bicyclic) bond motifs is 19. The second kappa shape index (κ2) is 34.8. The summed E-state index contributed by atoms with van der Waals surface area (Å²) in [6, 6.07) is 147. The van der Waals surface area contributed by atoms with E-state index in [1.54, 1.807) is 0 Å². The van der Waals surface area contributed by atoms with E-state index in [9.17, 15) is 0 Å². The Hall–Kier alpha value is -14.0. The van der Waals surface area contributed by atoms with E-state index in [-0.39, 0.29) is 18.3 Å². The second-order valence-electron chi connectivity index (χ2n) is 34.5. The lowest BCUT2D eigenvalue weighted by Gasteiger charge is -2.34. The first-order valence-electron chi connectivity index (χ1n) is 43.5. The quantitative estimate of drug-likeness (QED) is 0.161. The number of hydrogen-bond donors (Lipinski definition) is 0. The highest BCUT2D eigenvalue weighted by atomic mass is 14.5. The lowest BCUT2D eigenvalue weighted by atomic mass is 9.67. The van der Waals surface area contributed by atoms with E-state index in [1.807, 2.05) is 0 Å². The Bertz CT molecular complexity index is 6770. The summed E-state index contributed by atoms with van der Waals surface area (Å²) in [5.41, 5.74) is 48.4. The van der Waals surface area contributed by atoms with Gasteiger partial charge in [-0.05, 0) is 272 Å². The van der Waals surface area contributed by atoms with Gasteiger partial charge in [0, 0.05) is 0 Å². The van der Waals surface area contributed by atoms with Crippen molar-refractivity contribution in [3.63, 3.8) is 0 Å². The minimum absolute atomic E-state index is 0. The molecule has 0 heteroatoms. The van der Waals surface area contributed by atoms with Crippen molar-refractivity contribution in [1.29, 1.82) is 0 Å². The van der Waals surface area contributed by atoms with Crippen LogP contribution in [0.1, 0.15) is 130 Å². The Balaban J connectivity index is 0.000000107. The highest BCUT2D eigenvalue weighted by molar-refractivity contribution is 6.02. The molecule has 0 unspecified atom stereocenters. The minimum atomic E-state index is -0.273. The molecule has 0 aromatic heterocycles. The SMILES string of the molecule is C.Cc1ccc(-c2ccc(C)c3ccccc23)cc1.Cc1ccc(-c2cccc3c(C)cccc23)cc1.Cc1ccc2c(c1)-c1cc(C)ccc1C2.Cc1ccc2c(c1)C(c1ccccc1)(c1ccccc1)c1cc(C)ccc1-2.Cc1ccc2c(c1)C1(c3ccccc3-c3ccccc31)c1cc(C)ccc1-2.Cc1cccc(-c2ccc(C)c3ccccc23)c1. The van der Waals surface area contributed by atoms with Crippen molar-refractivity contribution in [1.82, 2.24) is 0 Å². The highest BCUT2D eigenvalue weighted by Gasteiger charge is 2.52. The van der Waals surface area contributed by atoms with E-state index in [1.165, 1.54) is 233 Å². The maximum absolute atomic E-state index is 2.41. The number of benzene rings is 19. The summed E-state index contributed by atoms with van der Waals surface area (Å²) in [6.07, 6.45) is 1.10. The topological polar surface area (TPSA) is 0 Å². The van der Waals surface area contributed by atoms with Gasteiger partial charge in [-0.3, -0.25) is 0 Å². The molecule has 0 fully saturated rings. The molecule has 124 heavy (non-hydrogen) atoms. The molecule has 0 atom stereocenters. The van der Waals surface area contributed by atoms with E-state index < -0.39 is 0 Å². The molecule has 4 aliphatic carbocycles. The van der Waals surface area contributed by atoms with Crippen LogP contribution in [0.25, 0.3) is 110 Å². The summed E-state index contributed by atoms with van der Waals surface area (Å²) in [5, 5.41) is 8.04. The summed E-state index contributed by atoms with van der Waals surface area (Å²) >= 11 is 0. The zero-order valence-corrected chi connectivity index (χ0v) is 72.8. The molecule has 23 rings (SSSR count). The first kappa shape index (κ1) is 82.3. The molecule has 19 aromatic rings. The van der Waals surface area contributed by atoms with Gasteiger partial charge < -0.3 is 0 Å². The fourth-order valence-electron chi connectivity index (χ4n) is 19.9. The van der Waals surface area contributed by atoms with E-state index >= 15 is 0 Å². The standard InChI is InChI=1S/C27H20.C27H22.3C18H16.C15H14.CH4/c1-17-11-13-21-22-14-12-18(2)16-26(22)27(25(21)15-17)23-9-5-3-7-19(23)20-8-4-6-10-24(20)27;1-19-13-15-23-24-16-14-20(2)18-26(24)27(25(23)17-19,21-9-5-3-6-10-21)22-11-7-4-8-12-22;1-13-9-11-15(12-10-13)17-7-4-6-16-14(2)5-3-8-18(16)17;1-13-6-5-7-15(12-13)17-11-10-14(2)16-8-3-4-9-18(16)17;1-13-7-10-15(11-8-13)17-12-9-14(2)16-5-3-4-6-18(16)17;1-10-3-5-12-9-13-6-4-11(2)8-15(13)14(12)7-10;/h3-16H,1-2H3;3-18H,1-2H3;3*3-12H,1-2H3;3-8H,9H2,1-2H3;1H4. The van der Waals surface area contributed by atoms with Crippen molar-refractivity contribution in [3.05, 3.63) is 523 Å². The Kier molecular flexibility index (Phi) is 23.1. The van der Waals surface area contributed by atoms with Crippen LogP contribution in [-0.4, -0.2) is 0 Å². The fourth-order valence-corrected chi connectivity index (χ4v) is 19.9. The molecule has 0 aliphatic heterocycles. The molecule has 0 saturated heterocycles. The number of rotatable bonds is 5. The third-order valence-corrected chi connectivity index (χ3v) is 25.9. The third-order valence-electron chi connectivity index (χ3n) is 25.9. The van der Waals surface area contributed by atoms with E-state index in [2.05, 4.69) is 483 Å². The van der Waals surface area contributed by atoms with Crippen LogP contribution in [0.15, 0.2) is 400 Å². The summed E-state index contributed by atoms with van der Waals surface area (Å²) in [4.78, 5) is 0. The van der Waals surface area contributed by atoms with Gasteiger partial charge in [-0.1, -0.05) is 458 Å². The Morgan fingerprint density at radius 1 is 0.161 bits per heavy atom. The van der Waals surface area contributed by atoms with Crippen LogP contribution in [-0.2, 0) is 17.3 Å². The first-order valence-corrected chi connectivity index (χ1v) is 43.5. The lowest BCUT2D eigenvalue weighted by molar-refractivity contribution is 0.766. The molecule has 0 heterocycles. The zero-order valence-electron chi connectivity index (χ0n) is 72.8. The largest absolute Gasteiger partial charge is 0.0776 e. The van der Waals surface area contributed by atoms with Crippen LogP contribution in [0.3, 0.4) is 0 Å². The lowest BCUT2D eigenvalue weighted by Crippen LogP contribution is -2.28. The second-order valence-corrected chi connectivity index (χ2v) is 34.5. The van der Waals surface area contributed by atoms with Gasteiger partial charge in [0.1, 0.15) is 0 Å². The van der Waals surface area contributed by atoms with E-state index in [4.69, 9.17) is 0 Å². The monoisotopic (exact) mass is 1600 g/mol. The van der Waals surface area contributed by atoms with Crippen molar-refractivity contribution in [2.45, 2.75) is 108 Å². The van der Waals surface area contributed by atoms with Crippen LogP contribution < -0.4 is 0 Å². The van der Waals surface area contributed by atoms with Gasteiger partial charge in [0.15, 0.2) is 0 Å². The molecule has 0 nitrogen and oxygen atoms in total. The average Bonchev–Trinajstić information content (AvgIpc) is 1.51. The number of aryl methyl sites for hydroxylation is 12. The summed E-state index contributed by atoms with van der Waals surface area (Å²) in [5.74, 6) is 0. The molecular weight excluding hydrogens is 1490 g/mol. The van der Waals surface area contributed by atoms with Crippen LogP contribution in [0, 0.1) is 83.1 Å². The molecule has 0 bridgehead atoms. The molecule has 604 valence electrons. The van der Waals surface area contributed by atoms with E-state index in [0.29, 0.717) is 0 Å². The van der Waals surface area contributed by atoms with Crippen molar-refractivity contribution < 1.29 is 0 Å². The number of hydrogen-bond acceptors (Lipinski definition) is 0. The fraction of sp³-hybridized carbons (Fsp3) is 0.129. The molecule has 0 radical (unpaired) electrons. The molecule has 4 aliphatic rings. The Labute approximate surface area is 735 Å². The third kappa shape index (κ3) is 15.3. The van der Waals surface area contributed by atoms with Crippen LogP contribution in [0.5, 0.6) is 0 Å². The molecule has 19 aromatic carbocycles. The summed E-state index contributed by atoms with van der Waals surface area (Å²) in [7, 11) is 0. The summed E-state index contributed by atoms with van der Waals surface area (Å²) < 4.78 is 0. The van der Waals surface area contributed by atoms with Crippen LogP contribution in [0.4, 0.5) is 0 Å².